The molecule has 0 spiro atoms. The fourth-order valence-corrected chi connectivity index (χ4v) is 2.57. The van der Waals surface area contributed by atoms with Crippen LogP contribution in [0.1, 0.15) is 12.8 Å². The molecule has 6 heteroatoms. The summed E-state index contributed by atoms with van der Waals surface area (Å²) in [7, 11) is 0. The van der Waals surface area contributed by atoms with Crippen molar-refractivity contribution in [2.75, 3.05) is 18.0 Å². The maximum atomic E-state index is 11.4. The van der Waals surface area contributed by atoms with Crippen LogP contribution < -0.4 is 4.90 Å². The second-order valence-electron chi connectivity index (χ2n) is 4.79. The minimum atomic E-state index is -0.365. The number of rotatable bonds is 2. The third-order valence-corrected chi connectivity index (χ3v) is 3.58. The Morgan fingerprint density at radius 1 is 1.20 bits per heavy atom. The number of aromatic nitrogens is 1. The highest BCUT2D eigenvalue weighted by molar-refractivity contribution is 5.95. The first-order valence-electron chi connectivity index (χ1n) is 6.45. The molecule has 0 bridgehead atoms. The summed E-state index contributed by atoms with van der Waals surface area (Å²) in [5.41, 5.74) is 1.25. The van der Waals surface area contributed by atoms with Crippen molar-refractivity contribution < 1.29 is 9.72 Å². The number of piperidine rings is 1. The molecule has 1 aromatic carbocycles. The number of nitrogens with zero attached hydrogens (tertiary/aromatic N) is 3. The first kappa shape index (κ1) is 12.5. The summed E-state index contributed by atoms with van der Waals surface area (Å²) in [6.07, 6.45) is 2.51. The fourth-order valence-electron chi connectivity index (χ4n) is 2.57. The largest absolute Gasteiger partial charge is 0.365 e. The minimum absolute atomic E-state index is 0.0740. The van der Waals surface area contributed by atoms with Crippen LogP contribution in [-0.4, -0.2) is 28.8 Å². The lowest BCUT2D eigenvalue weighted by molar-refractivity contribution is -0.382. The van der Waals surface area contributed by atoms with Gasteiger partial charge in [0.15, 0.2) is 0 Å². The lowest BCUT2D eigenvalue weighted by Gasteiger charge is -2.27. The van der Waals surface area contributed by atoms with Gasteiger partial charge in [0.05, 0.1) is 15.8 Å². The molecule has 102 valence electrons. The van der Waals surface area contributed by atoms with Crippen LogP contribution in [0.2, 0.25) is 0 Å². The van der Waals surface area contributed by atoms with Crippen LogP contribution in [0, 0.1) is 10.1 Å². The molecule has 0 atom stereocenters. The molecule has 1 saturated heterocycles. The number of ketones is 1. The van der Waals surface area contributed by atoms with Crippen molar-refractivity contribution >= 4 is 28.1 Å². The van der Waals surface area contributed by atoms with Gasteiger partial charge in [0, 0.05) is 32.1 Å². The number of carbonyl (C=O) groups is 1. The molecule has 2 heterocycles. The molecule has 1 aromatic heterocycles. The maximum absolute atomic E-state index is 11.4. The summed E-state index contributed by atoms with van der Waals surface area (Å²) >= 11 is 0. The molecule has 0 aliphatic carbocycles. The molecule has 1 aliphatic heterocycles. The second-order valence-corrected chi connectivity index (χ2v) is 4.79. The molecule has 1 aliphatic rings. The Bertz CT molecular complexity index is 689. The summed E-state index contributed by atoms with van der Waals surface area (Å²) in [5, 5.41) is 12.0. The summed E-state index contributed by atoms with van der Waals surface area (Å²) < 4.78 is 0. The molecule has 0 unspecified atom stereocenters. The topological polar surface area (TPSA) is 76.3 Å². The molecule has 20 heavy (non-hydrogen) atoms. The van der Waals surface area contributed by atoms with E-state index in [-0.39, 0.29) is 16.4 Å². The summed E-state index contributed by atoms with van der Waals surface area (Å²) in [6.45, 7) is 1.07. The summed E-state index contributed by atoms with van der Waals surface area (Å²) in [4.78, 5) is 28.4. The van der Waals surface area contributed by atoms with E-state index in [0.29, 0.717) is 42.5 Å². The van der Waals surface area contributed by atoms with E-state index in [2.05, 4.69) is 4.98 Å². The van der Waals surface area contributed by atoms with Gasteiger partial charge in [0.25, 0.3) is 0 Å². The third kappa shape index (κ3) is 2.09. The average Bonchev–Trinajstić information content (AvgIpc) is 2.46. The Kier molecular flexibility index (Phi) is 3.06. The van der Waals surface area contributed by atoms with Crippen molar-refractivity contribution in [3.8, 4) is 0 Å². The Balaban J connectivity index is 2.13. The van der Waals surface area contributed by atoms with Gasteiger partial charge in [-0.25, -0.2) is 0 Å². The number of benzene rings is 1. The highest BCUT2D eigenvalue weighted by atomic mass is 16.6. The molecule has 0 N–H and O–H groups in total. The van der Waals surface area contributed by atoms with E-state index in [1.807, 2.05) is 4.90 Å². The average molecular weight is 271 g/mol. The number of Topliss-reactive ketones (excluding diaryl/α,β-unsaturated/α-hetero) is 1. The predicted octanol–water partition coefficient (Wildman–Crippen LogP) is 2.31. The minimum Gasteiger partial charge on any atom is -0.365 e. The lowest BCUT2D eigenvalue weighted by atomic mass is 10.1. The van der Waals surface area contributed by atoms with Crippen LogP contribution in [-0.2, 0) is 4.79 Å². The van der Waals surface area contributed by atoms with E-state index in [9.17, 15) is 14.9 Å². The van der Waals surface area contributed by atoms with Gasteiger partial charge in [-0.2, -0.15) is 0 Å². The molecule has 6 nitrogen and oxygen atoms in total. The van der Waals surface area contributed by atoms with Crippen LogP contribution >= 0.6 is 0 Å². The SMILES string of the molecule is O=C1CCN(c2ccc3ncccc3c2[N+](=O)[O-])CC1. The van der Waals surface area contributed by atoms with Gasteiger partial charge in [0.2, 0.25) is 0 Å². The smallest absolute Gasteiger partial charge is 0.301 e. The zero-order valence-corrected chi connectivity index (χ0v) is 10.8. The zero-order valence-electron chi connectivity index (χ0n) is 10.8. The van der Waals surface area contributed by atoms with Crippen molar-refractivity contribution in [3.63, 3.8) is 0 Å². The van der Waals surface area contributed by atoms with E-state index < -0.39 is 0 Å². The fraction of sp³-hybridized carbons (Fsp3) is 0.286. The first-order chi connectivity index (χ1) is 9.66. The van der Waals surface area contributed by atoms with Crippen LogP contribution in [0.4, 0.5) is 11.4 Å². The molecule has 0 amide bonds. The van der Waals surface area contributed by atoms with Gasteiger partial charge in [0.1, 0.15) is 11.5 Å². The van der Waals surface area contributed by atoms with Crippen molar-refractivity contribution in [1.29, 1.82) is 0 Å². The standard InChI is InChI=1S/C14H13N3O3/c18-10-5-8-16(9-6-10)13-4-3-12-11(2-1-7-15-12)14(13)17(19)20/h1-4,7H,5-6,8-9H2. The van der Waals surface area contributed by atoms with E-state index >= 15 is 0 Å². The number of anilines is 1. The molecule has 1 fully saturated rings. The van der Waals surface area contributed by atoms with Crippen molar-refractivity contribution in [2.24, 2.45) is 0 Å². The Morgan fingerprint density at radius 2 is 1.95 bits per heavy atom. The quantitative estimate of drug-likeness (QED) is 0.618. The van der Waals surface area contributed by atoms with Crippen LogP contribution in [0.15, 0.2) is 30.5 Å². The van der Waals surface area contributed by atoms with Crippen molar-refractivity contribution in [3.05, 3.63) is 40.6 Å². The predicted molar refractivity (Wildman–Crippen MR) is 74.9 cm³/mol. The van der Waals surface area contributed by atoms with Crippen molar-refractivity contribution in [2.45, 2.75) is 12.8 Å². The Morgan fingerprint density at radius 3 is 2.65 bits per heavy atom. The molecule has 3 rings (SSSR count). The molecule has 0 radical (unpaired) electrons. The number of nitro benzene ring substituents is 1. The van der Waals surface area contributed by atoms with Gasteiger partial charge in [-0.15, -0.1) is 0 Å². The van der Waals surface area contributed by atoms with Gasteiger partial charge in [-0.05, 0) is 24.3 Å². The highest BCUT2D eigenvalue weighted by Crippen LogP contribution is 2.35. The third-order valence-electron chi connectivity index (χ3n) is 3.58. The monoisotopic (exact) mass is 271 g/mol. The summed E-state index contributed by atoms with van der Waals surface area (Å²) in [6, 6.07) is 6.91. The number of carbonyl (C=O) groups excluding carboxylic acids is 1. The normalized spacial score (nSPS) is 15.6. The van der Waals surface area contributed by atoms with E-state index in [4.69, 9.17) is 0 Å². The Hall–Kier alpha value is -2.50. The van der Waals surface area contributed by atoms with E-state index in [1.165, 1.54) is 0 Å². The first-order valence-corrected chi connectivity index (χ1v) is 6.45. The summed E-state index contributed by atoms with van der Waals surface area (Å²) in [5.74, 6) is 0.214. The number of pyridine rings is 1. The molecular formula is C14H13N3O3. The number of fused-ring (bicyclic) bond motifs is 1. The number of hydrogen-bond acceptors (Lipinski definition) is 5. The van der Waals surface area contributed by atoms with E-state index in [0.717, 1.165) is 0 Å². The highest BCUT2D eigenvalue weighted by Gasteiger charge is 2.25. The number of hydrogen-bond donors (Lipinski definition) is 0. The molecular weight excluding hydrogens is 258 g/mol. The van der Waals surface area contributed by atoms with Gasteiger partial charge in [-0.1, -0.05) is 0 Å². The van der Waals surface area contributed by atoms with Crippen LogP contribution in [0.3, 0.4) is 0 Å². The van der Waals surface area contributed by atoms with Gasteiger partial charge < -0.3 is 4.90 Å². The van der Waals surface area contributed by atoms with Crippen molar-refractivity contribution in [1.82, 2.24) is 4.98 Å². The second kappa shape index (κ2) is 4.88. The van der Waals surface area contributed by atoms with Crippen LogP contribution in [0.25, 0.3) is 10.9 Å². The lowest BCUT2D eigenvalue weighted by Crippen LogP contribution is -2.34. The van der Waals surface area contributed by atoms with Crippen LogP contribution in [0.5, 0.6) is 0 Å². The number of nitro groups is 1. The molecule has 2 aromatic rings. The van der Waals surface area contributed by atoms with E-state index in [1.54, 1.807) is 30.5 Å². The van der Waals surface area contributed by atoms with Gasteiger partial charge in [-0.3, -0.25) is 19.9 Å². The zero-order chi connectivity index (χ0) is 14.1. The molecule has 0 saturated carbocycles. The maximum Gasteiger partial charge on any atom is 0.301 e. The van der Waals surface area contributed by atoms with Gasteiger partial charge >= 0.3 is 5.69 Å². The Labute approximate surface area is 115 Å².